The van der Waals surface area contributed by atoms with Crippen molar-refractivity contribution in [3.8, 4) is 0 Å². The standard InChI is InChI=1S/C11H18FN3S2/c1-15(11(14)16)10(13)7-17-6-8-2-4-9(12)5-3-8/h2-5,10-11,16H,6-7,13-14H2,1H3. The summed E-state index contributed by atoms with van der Waals surface area (Å²) in [6.07, 6.45) is -0.132. The Morgan fingerprint density at radius 1 is 1.35 bits per heavy atom. The van der Waals surface area contributed by atoms with Crippen molar-refractivity contribution in [1.29, 1.82) is 0 Å². The fraction of sp³-hybridized carbons (Fsp3) is 0.455. The average molecular weight is 275 g/mol. The second kappa shape index (κ2) is 7.23. The minimum atomic E-state index is -0.351. The van der Waals surface area contributed by atoms with Crippen molar-refractivity contribution in [1.82, 2.24) is 4.90 Å². The molecule has 0 radical (unpaired) electrons. The van der Waals surface area contributed by atoms with Crippen LogP contribution in [0.25, 0.3) is 0 Å². The Morgan fingerprint density at radius 2 is 1.94 bits per heavy atom. The molecule has 0 aliphatic rings. The molecule has 6 heteroatoms. The fourth-order valence-electron chi connectivity index (χ4n) is 1.19. The molecule has 4 N–H and O–H groups in total. The van der Waals surface area contributed by atoms with Crippen LogP contribution in [0.5, 0.6) is 0 Å². The number of halogens is 1. The molecule has 0 spiro atoms. The average Bonchev–Trinajstić information content (AvgIpc) is 2.30. The van der Waals surface area contributed by atoms with Gasteiger partial charge in [0.2, 0.25) is 0 Å². The minimum absolute atomic E-state index is 0.132. The van der Waals surface area contributed by atoms with Gasteiger partial charge in [0.15, 0.2) is 0 Å². The number of nitrogens with two attached hydrogens (primary N) is 2. The van der Waals surface area contributed by atoms with Gasteiger partial charge in [-0.05, 0) is 24.7 Å². The molecule has 0 saturated heterocycles. The van der Waals surface area contributed by atoms with Gasteiger partial charge < -0.3 is 11.5 Å². The molecule has 0 aliphatic carbocycles. The first-order chi connectivity index (χ1) is 8.00. The first-order valence-corrected chi connectivity index (χ1v) is 6.91. The van der Waals surface area contributed by atoms with Crippen LogP contribution in [-0.2, 0) is 5.75 Å². The first kappa shape index (κ1) is 14.8. The number of thiol groups is 1. The quantitative estimate of drug-likeness (QED) is 0.543. The maximum Gasteiger partial charge on any atom is 0.123 e. The topological polar surface area (TPSA) is 55.3 Å². The van der Waals surface area contributed by atoms with Crippen molar-refractivity contribution in [3.63, 3.8) is 0 Å². The molecule has 1 rings (SSSR count). The van der Waals surface area contributed by atoms with Crippen molar-refractivity contribution in [2.24, 2.45) is 11.5 Å². The van der Waals surface area contributed by atoms with Crippen molar-refractivity contribution in [2.75, 3.05) is 12.8 Å². The molecular weight excluding hydrogens is 257 g/mol. The highest BCUT2D eigenvalue weighted by molar-refractivity contribution is 7.98. The van der Waals surface area contributed by atoms with E-state index in [0.717, 1.165) is 17.1 Å². The molecule has 3 nitrogen and oxygen atoms in total. The van der Waals surface area contributed by atoms with Gasteiger partial charge in [-0.25, -0.2) is 4.39 Å². The molecular formula is C11H18FN3S2. The van der Waals surface area contributed by atoms with Gasteiger partial charge in [-0.3, -0.25) is 4.90 Å². The maximum atomic E-state index is 12.7. The highest BCUT2D eigenvalue weighted by atomic mass is 32.2. The highest BCUT2D eigenvalue weighted by Gasteiger charge is 2.13. The van der Waals surface area contributed by atoms with Crippen LogP contribution in [0.2, 0.25) is 0 Å². The first-order valence-electron chi connectivity index (χ1n) is 5.24. The summed E-state index contributed by atoms with van der Waals surface area (Å²) in [5.74, 6) is 1.35. The summed E-state index contributed by atoms with van der Waals surface area (Å²) in [5.41, 5.74) is 12.3. The molecule has 96 valence electrons. The molecule has 17 heavy (non-hydrogen) atoms. The third-order valence-electron chi connectivity index (χ3n) is 2.41. The molecule has 2 unspecified atom stereocenters. The maximum absolute atomic E-state index is 12.7. The van der Waals surface area contributed by atoms with Crippen LogP contribution in [0.1, 0.15) is 5.56 Å². The predicted molar refractivity (Wildman–Crippen MR) is 75.3 cm³/mol. The number of thioether (sulfide) groups is 1. The van der Waals surface area contributed by atoms with Crippen molar-refractivity contribution >= 4 is 24.4 Å². The van der Waals surface area contributed by atoms with Crippen LogP contribution in [0.15, 0.2) is 24.3 Å². The van der Waals surface area contributed by atoms with Crippen molar-refractivity contribution in [3.05, 3.63) is 35.6 Å². The number of benzene rings is 1. The summed E-state index contributed by atoms with van der Waals surface area (Å²) in [6, 6.07) is 6.49. The van der Waals surface area contributed by atoms with Gasteiger partial charge in [-0.15, -0.1) is 12.6 Å². The lowest BCUT2D eigenvalue weighted by Crippen LogP contribution is -2.48. The van der Waals surface area contributed by atoms with E-state index in [-0.39, 0.29) is 17.5 Å². The fourth-order valence-corrected chi connectivity index (χ4v) is 2.39. The van der Waals surface area contributed by atoms with Gasteiger partial charge in [-0.1, -0.05) is 12.1 Å². The zero-order valence-corrected chi connectivity index (χ0v) is 11.4. The zero-order valence-electron chi connectivity index (χ0n) is 9.71. The summed E-state index contributed by atoms with van der Waals surface area (Å²) in [4.78, 5) is 1.79. The summed E-state index contributed by atoms with van der Waals surface area (Å²) in [6.45, 7) is 0. The summed E-state index contributed by atoms with van der Waals surface area (Å²) >= 11 is 5.80. The van der Waals surface area contributed by atoms with E-state index in [1.54, 1.807) is 28.8 Å². The molecule has 0 heterocycles. The van der Waals surface area contributed by atoms with Crippen LogP contribution >= 0.6 is 24.4 Å². The van der Waals surface area contributed by atoms with Crippen LogP contribution in [0, 0.1) is 5.82 Å². The number of hydrogen-bond donors (Lipinski definition) is 3. The second-order valence-corrected chi connectivity index (χ2v) is 5.35. The normalized spacial score (nSPS) is 14.9. The Morgan fingerprint density at radius 3 is 2.47 bits per heavy atom. The van der Waals surface area contributed by atoms with E-state index < -0.39 is 0 Å². The van der Waals surface area contributed by atoms with E-state index in [0.29, 0.717) is 0 Å². The molecule has 0 bridgehead atoms. The molecule has 1 aromatic carbocycles. The molecule has 2 atom stereocenters. The van der Waals surface area contributed by atoms with Gasteiger partial charge in [0.1, 0.15) is 11.3 Å². The van der Waals surface area contributed by atoms with Crippen LogP contribution in [0.3, 0.4) is 0 Å². The Labute approximate surface area is 111 Å². The van der Waals surface area contributed by atoms with Crippen molar-refractivity contribution < 1.29 is 4.39 Å². The Kier molecular flexibility index (Phi) is 6.29. The number of nitrogens with zero attached hydrogens (tertiary/aromatic N) is 1. The molecule has 0 aromatic heterocycles. The van der Waals surface area contributed by atoms with Crippen LogP contribution in [-0.4, -0.2) is 29.4 Å². The lowest BCUT2D eigenvalue weighted by atomic mass is 10.2. The summed E-state index contributed by atoms with van der Waals surface area (Å²) < 4.78 is 12.7. The molecule has 0 amide bonds. The van der Waals surface area contributed by atoms with E-state index in [9.17, 15) is 4.39 Å². The lowest BCUT2D eigenvalue weighted by molar-refractivity contribution is 0.254. The molecule has 1 aromatic rings. The predicted octanol–water partition coefficient (Wildman–Crippen LogP) is 1.45. The Bertz CT molecular complexity index is 332. The minimum Gasteiger partial charge on any atom is -0.315 e. The third kappa shape index (κ3) is 5.27. The SMILES string of the molecule is CN(C(N)S)C(N)CSCc1ccc(F)cc1. The van der Waals surface area contributed by atoms with Crippen LogP contribution in [0.4, 0.5) is 4.39 Å². The van der Waals surface area contributed by atoms with Crippen molar-refractivity contribution in [2.45, 2.75) is 17.4 Å². The summed E-state index contributed by atoms with van der Waals surface area (Å²) in [5, 5.41) is 0. The number of hydrogen-bond acceptors (Lipinski definition) is 5. The molecule has 0 saturated carbocycles. The largest absolute Gasteiger partial charge is 0.315 e. The van der Waals surface area contributed by atoms with Gasteiger partial charge in [0.25, 0.3) is 0 Å². The highest BCUT2D eigenvalue weighted by Crippen LogP contribution is 2.14. The van der Waals surface area contributed by atoms with E-state index in [2.05, 4.69) is 12.6 Å². The zero-order chi connectivity index (χ0) is 12.8. The monoisotopic (exact) mass is 275 g/mol. The van der Waals surface area contributed by atoms with E-state index in [4.69, 9.17) is 11.5 Å². The van der Waals surface area contributed by atoms with Crippen LogP contribution < -0.4 is 11.5 Å². The van der Waals surface area contributed by atoms with E-state index in [1.807, 2.05) is 7.05 Å². The molecule has 0 fully saturated rings. The molecule has 0 aliphatic heterocycles. The van der Waals surface area contributed by atoms with E-state index >= 15 is 0 Å². The van der Waals surface area contributed by atoms with E-state index in [1.165, 1.54) is 12.1 Å². The smallest absolute Gasteiger partial charge is 0.123 e. The van der Waals surface area contributed by atoms with Gasteiger partial charge in [0.05, 0.1) is 6.17 Å². The number of rotatable bonds is 6. The lowest BCUT2D eigenvalue weighted by Gasteiger charge is -2.26. The Hall–Kier alpha value is -0.270. The third-order valence-corrected chi connectivity index (χ3v) is 3.89. The van der Waals surface area contributed by atoms with Gasteiger partial charge >= 0.3 is 0 Å². The second-order valence-electron chi connectivity index (χ2n) is 3.79. The van der Waals surface area contributed by atoms with Gasteiger partial charge in [-0.2, -0.15) is 11.8 Å². The Balaban J connectivity index is 2.30. The summed E-state index contributed by atoms with van der Waals surface area (Å²) in [7, 11) is 1.83. The van der Waals surface area contributed by atoms with Gasteiger partial charge in [0, 0.05) is 11.5 Å².